The van der Waals surface area contributed by atoms with Crippen LogP contribution in [0.15, 0.2) is 18.2 Å². The molecule has 1 heterocycles. The monoisotopic (exact) mass is 267 g/mol. The SMILES string of the molecule is CC(C)(C)c1cc(Cl)ccc1O[C@@H]1CCCNC1. The van der Waals surface area contributed by atoms with Gasteiger partial charge in [-0.2, -0.15) is 0 Å². The maximum atomic E-state index is 6.15. The van der Waals surface area contributed by atoms with Crippen LogP contribution in [0, 0.1) is 0 Å². The van der Waals surface area contributed by atoms with E-state index in [2.05, 4.69) is 26.1 Å². The highest BCUT2D eigenvalue weighted by atomic mass is 35.5. The van der Waals surface area contributed by atoms with Gasteiger partial charge in [-0.15, -0.1) is 0 Å². The third kappa shape index (κ3) is 3.39. The number of piperidine rings is 1. The summed E-state index contributed by atoms with van der Waals surface area (Å²) in [5.41, 5.74) is 1.23. The number of benzene rings is 1. The summed E-state index contributed by atoms with van der Waals surface area (Å²) < 4.78 is 6.15. The lowest BCUT2D eigenvalue weighted by Crippen LogP contribution is -2.37. The molecule has 1 aromatic rings. The Bertz CT molecular complexity index is 405. The van der Waals surface area contributed by atoms with Crippen molar-refractivity contribution in [2.45, 2.75) is 45.1 Å². The van der Waals surface area contributed by atoms with Crippen molar-refractivity contribution < 1.29 is 4.74 Å². The molecule has 0 amide bonds. The van der Waals surface area contributed by atoms with Gasteiger partial charge in [-0.3, -0.25) is 0 Å². The standard InChI is InChI=1S/C15H22ClNO/c1-15(2,3)13-9-11(16)6-7-14(13)18-12-5-4-8-17-10-12/h6-7,9,12,17H,4-5,8,10H2,1-3H3/t12-/m1/s1. The molecule has 0 spiro atoms. The van der Waals surface area contributed by atoms with Gasteiger partial charge in [0.15, 0.2) is 0 Å². The first-order chi connectivity index (χ1) is 8.47. The minimum Gasteiger partial charge on any atom is -0.489 e. The number of hydrogen-bond acceptors (Lipinski definition) is 2. The summed E-state index contributed by atoms with van der Waals surface area (Å²) in [7, 11) is 0. The molecule has 0 aromatic heterocycles. The van der Waals surface area contributed by atoms with Crippen molar-refractivity contribution in [1.82, 2.24) is 5.32 Å². The molecular weight excluding hydrogens is 246 g/mol. The van der Waals surface area contributed by atoms with E-state index < -0.39 is 0 Å². The van der Waals surface area contributed by atoms with E-state index in [1.165, 1.54) is 12.0 Å². The van der Waals surface area contributed by atoms with Crippen LogP contribution in [0.25, 0.3) is 0 Å². The molecule has 1 fully saturated rings. The highest BCUT2D eigenvalue weighted by molar-refractivity contribution is 6.30. The predicted molar refractivity (Wildman–Crippen MR) is 76.7 cm³/mol. The zero-order chi connectivity index (χ0) is 13.2. The van der Waals surface area contributed by atoms with Gasteiger partial charge in [0.2, 0.25) is 0 Å². The van der Waals surface area contributed by atoms with Gasteiger partial charge in [0.25, 0.3) is 0 Å². The number of nitrogens with one attached hydrogen (secondary N) is 1. The van der Waals surface area contributed by atoms with Gasteiger partial charge in [0.1, 0.15) is 11.9 Å². The molecule has 2 rings (SSSR count). The maximum absolute atomic E-state index is 6.15. The molecule has 2 nitrogen and oxygen atoms in total. The number of rotatable bonds is 2. The lowest BCUT2D eigenvalue weighted by atomic mass is 9.86. The second-order valence-electron chi connectivity index (χ2n) is 5.98. The lowest BCUT2D eigenvalue weighted by Gasteiger charge is -2.28. The highest BCUT2D eigenvalue weighted by Crippen LogP contribution is 2.34. The Balaban J connectivity index is 2.21. The van der Waals surface area contributed by atoms with Crippen LogP contribution in [0.4, 0.5) is 0 Å². The Morgan fingerprint density at radius 3 is 2.72 bits per heavy atom. The summed E-state index contributed by atoms with van der Waals surface area (Å²) in [6.45, 7) is 8.60. The van der Waals surface area contributed by atoms with Crippen LogP contribution < -0.4 is 10.1 Å². The highest BCUT2D eigenvalue weighted by Gasteiger charge is 2.22. The van der Waals surface area contributed by atoms with Crippen LogP contribution in [0.2, 0.25) is 5.02 Å². The molecule has 0 radical (unpaired) electrons. The molecule has 18 heavy (non-hydrogen) atoms. The van der Waals surface area contributed by atoms with E-state index in [1.54, 1.807) is 0 Å². The van der Waals surface area contributed by atoms with Crippen molar-refractivity contribution >= 4 is 11.6 Å². The lowest BCUT2D eigenvalue weighted by molar-refractivity contribution is 0.164. The Morgan fingerprint density at radius 1 is 1.33 bits per heavy atom. The van der Waals surface area contributed by atoms with E-state index in [0.29, 0.717) is 0 Å². The topological polar surface area (TPSA) is 21.3 Å². The quantitative estimate of drug-likeness (QED) is 0.881. The third-order valence-electron chi connectivity index (χ3n) is 3.29. The molecule has 3 heteroatoms. The van der Waals surface area contributed by atoms with Gasteiger partial charge < -0.3 is 10.1 Å². The zero-order valence-corrected chi connectivity index (χ0v) is 12.2. The van der Waals surface area contributed by atoms with Gasteiger partial charge in [-0.1, -0.05) is 32.4 Å². The molecule has 0 aliphatic carbocycles. The summed E-state index contributed by atoms with van der Waals surface area (Å²) in [5, 5.41) is 4.15. The number of ether oxygens (including phenoxy) is 1. The second kappa shape index (κ2) is 5.50. The normalized spacial score (nSPS) is 20.8. The first kappa shape index (κ1) is 13.7. The molecule has 1 aromatic carbocycles. The Labute approximate surface area is 115 Å². The summed E-state index contributed by atoms with van der Waals surface area (Å²) in [4.78, 5) is 0. The van der Waals surface area contributed by atoms with E-state index >= 15 is 0 Å². The summed E-state index contributed by atoms with van der Waals surface area (Å²) in [5.74, 6) is 0.973. The van der Waals surface area contributed by atoms with Crippen molar-refractivity contribution in [1.29, 1.82) is 0 Å². The summed E-state index contributed by atoms with van der Waals surface area (Å²) in [6.07, 6.45) is 2.59. The van der Waals surface area contributed by atoms with E-state index in [-0.39, 0.29) is 11.5 Å². The predicted octanol–water partition coefficient (Wildman–Crippen LogP) is 3.77. The fourth-order valence-corrected chi connectivity index (χ4v) is 2.46. The molecule has 0 unspecified atom stereocenters. The molecule has 1 aliphatic rings. The first-order valence-electron chi connectivity index (χ1n) is 6.64. The average molecular weight is 268 g/mol. The molecule has 1 atom stereocenters. The minimum absolute atomic E-state index is 0.0440. The number of hydrogen-bond donors (Lipinski definition) is 1. The summed E-state index contributed by atoms with van der Waals surface area (Å²) in [6, 6.07) is 5.92. The van der Waals surface area contributed by atoms with E-state index in [9.17, 15) is 0 Å². The van der Waals surface area contributed by atoms with E-state index in [1.807, 2.05) is 18.2 Å². The van der Waals surface area contributed by atoms with E-state index in [4.69, 9.17) is 16.3 Å². The van der Waals surface area contributed by atoms with Gasteiger partial charge in [-0.05, 0) is 43.0 Å². The molecule has 1 N–H and O–H groups in total. The van der Waals surface area contributed by atoms with Crippen LogP contribution in [-0.2, 0) is 5.41 Å². The van der Waals surface area contributed by atoms with Crippen molar-refractivity contribution in [3.63, 3.8) is 0 Å². The van der Waals surface area contributed by atoms with Gasteiger partial charge in [0.05, 0.1) is 0 Å². The first-order valence-corrected chi connectivity index (χ1v) is 7.02. The molecule has 1 aliphatic heterocycles. The van der Waals surface area contributed by atoms with Crippen LogP contribution in [0.5, 0.6) is 5.75 Å². The molecular formula is C15H22ClNO. The number of halogens is 1. The van der Waals surface area contributed by atoms with Crippen molar-refractivity contribution in [2.75, 3.05) is 13.1 Å². The van der Waals surface area contributed by atoms with Crippen LogP contribution in [-0.4, -0.2) is 19.2 Å². The van der Waals surface area contributed by atoms with Crippen LogP contribution >= 0.6 is 11.6 Å². The van der Waals surface area contributed by atoms with Gasteiger partial charge in [-0.25, -0.2) is 0 Å². The maximum Gasteiger partial charge on any atom is 0.123 e. The fourth-order valence-electron chi connectivity index (χ4n) is 2.29. The van der Waals surface area contributed by atoms with Crippen molar-refractivity contribution in [3.05, 3.63) is 28.8 Å². The third-order valence-corrected chi connectivity index (χ3v) is 3.53. The molecule has 0 bridgehead atoms. The van der Waals surface area contributed by atoms with Crippen molar-refractivity contribution in [3.8, 4) is 5.75 Å². The van der Waals surface area contributed by atoms with Crippen molar-refractivity contribution in [2.24, 2.45) is 0 Å². The fraction of sp³-hybridized carbons (Fsp3) is 0.600. The van der Waals surface area contributed by atoms with Crippen LogP contribution in [0.3, 0.4) is 0 Å². The molecule has 1 saturated heterocycles. The minimum atomic E-state index is 0.0440. The Kier molecular flexibility index (Phi) is 4.18. The van der Waals surface area contributed by atoms with Crippen LogP contribution in [0.1, 0.15) is 39.2 Å². The van der Waals surface area contributed by atoms with Gasteiger partial charge >= 0.3 is 0 Å². The average Bonchev–Trinajstić information content (AvgIpc) is 2.31. The second-order valence-corrected chi connectivity index (χ2v) is 6.41. The Morgan fingerprint density at radius 2 is 2.11 bits per heavy atom. The smallest absolute Gasteiger partial charge is 0.123 e. The largest absolute Gasteiger partial charge is 0.489 e. The Hall–Kier alpha value is -0.730. The van der Waals surface area contributed by atoms with E-state index in [0.717, 1.165) is 30.3 Å². The van der Waals surface area contributed by atoms with Gasteiger partial charge in [0, 0.05) is 17.1 Å². The summed E-state index contributed by atoms with van der Waals surface area (Å²) >= 11 is 6.10. The molecule has 100 valence electrons. The molecule has 0 saturated carbocycles. The zero-order valence-electron chi connectivity index (χ0n) is 11.4.